The van der Waals surface area contributed by atoms with Crippen molar-refractivity contribution >= 4 is 17.3 Å². The summed E-state index contributed by atoms with van der Waals surface area (Å²) in [5, 5.41) is 12.9. The Morgan fingerprint density at radius 3 is 2.78 bits per heavy atom. The highest BCUT2D eigenvalue weighted by Crippen LogP contribution is 2.28. The summed E-state index contributed by atoms with van der Waals surface area (Å²) < 4.78 is 5.09. The van der Waals surface area contributed by atoms with Gasteiger partial charge in [-0.1, -0.05) is 31.5 Å². The zero-order chi connectivity index (χ0) is 13.6. The second-order valence-electron chi connectivity index (χ2n) is 5.03. The minimum Gasteiger partial charge on any atom is -0.385 e. The van der Waals surface area contributed by atoms with Crippen LogP contribution in [0.3, 0.4) is 0 Å². The SMILES string of the molecule is COCCC(C)(C)CNc1c(Cl)cccc1C#N. The molecule has 0 aliphatic heterocycles. The first-order valence-electron chi connectivity index (χ1n) is 5.91. The number of hydrogen-bond acceptors (Lipinski definition) is 3. The Bertz CT molecular complexity index is 438. The third-order valence-corrected chi connectivity index (χ3v) is 3.18. The van der Waals surface area contributed by atoms with Crippen molar-refractivity contribution in [1.82, 2.24) is 0 Å². The zero-order valence-corrected chi connectivity index (χ0v) is 11.8. The predicted octanol–water partition coefficient (Wildman–Crippen LogP) is 3.69. The Morgan fingerprint density at radius 1 is 1.44 bits per heavy atom. The number of para-hydroxylation sites is 1. The summed E-state index contributed by atoms with van der Waals surface area (Å²) in [6.07, 6.45) is 0.947. The topological polar surface area (TPSA) is 45.0 Å². The van der Waals surface area contributed by atoms with E-state index in [0.29, 0.717) is 16.3 Å². The number of methoxy groups -OCH3 is 1. The maximum absolute atomic E-state index is 9.05. The molecular formula is C14H19ClN2O. The zero-order valence-electron chi connectivity index (χ0n) is 11.1. The van der Waals surface area contributed by atoms with E-state index in [-0.39, 0.29) is 5.41 Å². The molecule has 0 fully saturated rings. The van der Waals surface area contributed by atoms with Crippen LogP contribution < -0.4 is 5.32 Å². The van der Waals surface area contributed by atoms with Gasteiger partial charge in [-0.3, -0.25) is 0 Å². The molecule has 1 N–H and O–H groups in total. The fraction of sp³-hybridized carbons (Fsp3) is 0.500. The van der Waals surface area contributed by atoms with Crippen LogP contribution >= 0.6 is 11.6 Å². The van der Waals surface area contributed by atoms with Crippen molar-refractivity contribution in [3.05, 3.63) is 28.8 Å². The summed E-state index contributed by atoms with van der Waals surface area (Å²) in [5.41, 5.74) is 1.37. The summed E-state index contributed by atoms with van der Waals surface area (Å²) in [5.74, 6) is 0. The molecule has 0 amide bonds. The Labute approximate surface area is 114 Å². The van der Waals surface area contributed by atoms with E-state index < -0.39 is 0 Å². The van der Waals surface area contributed by atoms with Gasteiger partial charge in [0.1, 0.15) is 6.07 Å². The average Bonchev–Trinajstić information content (AvgIpc) is 2.34. The molecule has 0 aromatic heterocycles. The minimum atomic E-state index is 0.0852. The highest BCUT2D eigenvalue weighted by molar-refractivity contribution is 6.33. The lowest BCUT2D eigenvalue weighted by Crippen LogP contribution is -2.25. The van der Waals surface area contributed by atoms with Crippen LogP contribution in [0.5, 0.6) is 0 Å². The molecule has 3 nitrogen and oxygen atoms in total. The van der Waals surface area contributed by atoms with Gasteiger partial charge >= 0.3 is 0 Å². The maximum Gasteiger partial charge on any atom is 0.101 e. The van der Waals surface area contributed by atoms with Gasteiger partial charge in [0, 0.05) is 20.3 Å². The van der Waals surface area contributed by atoms with Crippen LogP contribution in [0, 0.1) is 16.7 Å². The lowest BCUT2D eigenvalue weighted by molar-refractivity contribution is 0.157. The normalized spacial score (nSPS) is 11.1. The molecule has 18 heavy (non-hydrogen) atoms. The monoisotopic (exact) mass is 266 g/mol. The van der Waals surface area contributed by atoms with E-state index in [0.717, 1.165) is 19.6 Å². The van der Waals surface area contributed by atoms with Crippen LogP contribution in [0.4, 0.5) is 5.69 Å². The van der Waals surface area contributed by atoms with Gasteiger partial charge in [-0.25, -0.2) is 0 Å². The number of benzene rings is 1. The van der Waals surface area contributed by atoms with Gasteiger partial charge in [-0.15, -0.1) is 0 Å². The first kappa shape index (κ1) is 14.8. The fourth-order valence-corrected chi connectivity index (χ4v) is 1.83. The minimum absolute atomic E-state index is 0.0852. The number of nitrogens with one attached hydrogen (secondary N) is 1. The highest BCUT2D eigenvalue weighted by Gasteiger charge is 2.18. The second-order valence-corrected chi connectivity index (χ2v) is 5.44. The molecule has 0 saturated carbocycles. The first-order chi connectivity index (χ1) is 8.50. The van der Waals surface area contributed by atoms with Crippen LogP contribution in [0.25, 0.3) is 0 Å². The van der Waals surface area contributed by atoms with E-state index >= 15 is 0 Å². The van der Waals surface area contributed by atoms with Crippen LogP contribution in [-0.2, 0) is 4.74 Å². The molecule has 0 heterocycles. The molecule has 0 unspecified atom stereocenters. The molecule has 1 rings (SSSR count). The van der Waals surface area contributed by atoms with Crippen LogP contribution in [0.15, 0.2) is 18.2 Å². The molecular weight excluding hydrogens is 248 g/mol. The number of halogens is 1. The fourth-order valence-electron chi connectivity index (χ4n) is 1.59. The van der Waals surface area contributed by atoms with Crippen LogP contribution in [0.1, 0.15) is 25.8 Å². The summed E-state index contributed by atoms with van der Waals surface area (Å²) >= 11 is 6.10. The Morgan fingerprint density at radius 2 is 2.17 bits per heavy atom. The number of hydrogen-bond donors (Lipinski definition) is 1. The molecule has 0 bridgehead atoms. The van der Waals surface area contributed by atoms with Crippen molar-refractivity contribution in [2.75, 3.05) is 25.6 Å². The van der Waals surface area contributed by atoms with Crippen LogP contribution in [0.2, 0.25) is 5.02 Å². The summed E-state index contributed by atoms with van der Waals surface area (Å²) in [6, 6.07) is 7.47. The molecule has 4 heteroatoms. The maximum atomic E-state index is 9.05. The van der Waals surface area contributed by atoms with Crippen molar-refractivity contribution < 1.29 is 4.74 Å². The van der Waals surface area contributed by atoms with E-state index in [4.69, 9.17) is 21.6 Å². The quantitative estimate of drug-likeness (QED) is 0.854. The Balaban J connectivity index is 2.72. The number of ether oxygens (including phenoxy) is 1. The summed E-state index contributed by atoms with van der Waals surface area (Å²) in [7, 11) is 1.70. The van der Waals surface area contributed by atoms with Gasteiger partial charge in [-0.05, 0) is 24.0 Å². The lowest BCUT2D eigenvalue weighted by Gasteiger charge is -2.25. The van der Waals surface area contributed by atoms with E-state index in [1.165, 1.54) is 0 Å². The van der Waals surface area contributed by atoms with Gasteiger partial charge in [0.2, 0.25) is 0 Å². The average molecular weight is 267 g/mol. The number of nitriles is 1. The second kappa shape index (κ2) is 6.63. The van der Waals surface area contributed by atoms with Gasteiger partial charge in [0.15, 0.2) is 0 Å². The lowest BCUT2D eigenvalue weighted by atomic mass is 9.89. The van der Waals surface area contributed by atoms with E-state index in [9.17, 15) is 0 Å². The number of anilines is 1. The highest BCUT2D eigenvalue weighted by atomic mass is 35.5. The Hall–Kier alpha value is -1.24. The van der Waals surface area contributed by atoms with Gasteiger partial charge in [0.25, 0.3) is 0 Å². The van der Waals surface area contributed by atoms with E-state index in [1.807, 2.05) is 0 Å². The molecule has 0 atom stereocenters. The van der Waals surface area contributed by atoms with Crippen LogP contribution in [-0.4, -0.2) is 20.3 Å². The third-order valence-electron chi connectivity index (χ3n) is 2.86. The van der Waals surface area contributed by atoms with Gasteiger partial charge in [0.05, 0.1) is 16.3 Å². The predicted molar refractivity (Wildman–Crippen MR) is 74.9 cm³/mol. The molecule has 98 valence electrons. The smallest absolute Gasteiger partial charge is 0.101 e. The van der Waals surface area contributed by atoms with Crippen molar-refractivity contribution in [2.45, 2.75) is 20.3 Å². The molecule has 1 aromatic rings. The molecule has 0 spiro atoms. The standard InChI is InChI=1S/C14H19ClN2O/c1-14(2,7-8-18-3)10-17-13-11(9-16)5-4-6-12(13)15/h4-6,17H,7-8,10H2,1-3H3. The van der Waals surface area contributed by atoms with Crippen molar-refractivity contribution in [3.63, 3.8) is 0 Å². The van der Waals surface area contributed by atoms with Gasteiger partial charge < -0.3 is 10.1 Å². The molecule has 0 aliphatic carbocycles. The van der Waals surface area contributed by atoms with E-state index in [2.05, 4.69) is 25.2 Å². The molecule has 1 aromatic carbocycles. The summed E-state index contributed by atoms with van der Waals surface area (Å²) in [4.78, 5) is 0. The van der Waals surface area contributed by atoms with Crippen molar-refractivity contribution in [1.29, 1.82) is 5.26 Å². The first-order valence-corrected chi connectivity index (χ1v) is 6.29. The number of nitrogens with zero attached hydrogens (tertiary/aromatic N) is 1. The van der Waals surface area contributed by atoms with Crippen molar-refractivity contribution in [3.8, 4) is 6.07 Å². The number of rotatable bonds is 6. The largest absolute Gasteiger partial charge is 0.385 e. The molecule has 0 aliphatic rings. The van der Waals surface area contributed by atoms with Gasteiger partial charge in [-0.2, -0.15) is 5.26 Å². The molecule has 0 radical (unpaired) electrons. The summed E-state index contributed by atoms with van der Waals surface area (Å²) in [6.45, 7) is 5.78. The Kier molecular flexibility index (Phi) is 5.46. The third kappa shape index (κ3) is 4.21. The molecule has 0 saturated heterocycles. The van der Waals surface area contributed by atoms with E-state index in [1.54, 1.807) is 25.3 Å². The van der Waals surface area contributed by atoms with Crippen molar-refractivity contribution in [2.24, 2.45) is 5.41 Å².